The number of nitrogens with one attached hydrogen (secondary N) is 1. The van der Waals surface area contributed by atoms with E-state index in [2.05, 4.69) is 5.32 Å². The van der Waals surface area contributed by atoms with Crippen LogP contribution in [0.2, 0.25) is 5.02 Å². The van der Waals surface area contributed by atoms with Gasteiger partial charge in [-0.2, -0.15) is 0 Å². The number of halogens is 1. The number of hydrogen-bond donors (Lipinski definition) is 1. The SMILES string of the molecule is CC(=O)Nc1ccc(C2=C(N3CCCC3)C(=O)N(Cc3ccc(Cl)cc3)C2=O)cc1. The monoisotopic (exact) mass is 423 g/mol. The van der Waals surface area contributed by atoms with Crippen LogP contribution >= 0.6 is 11.6 Å². The maximum Gasteiger partial charge on any atom is 0.278 e. The molecule has 2 aromatic carbocycles. The molecule has 0 spiro atoms. The number of carbonyl (C=O) groups excluding carboxylic acids is 3. The summed E-state index contributed by atoms with van der Waals surface area (Å²) in [6.07, 6.45) is 1.99. The lowest BCUT2D eigenvalue weighted by Crippen LogP contribution is -2.34. The molecule has 6 nitrogen and oxygen atoms in total. The molecule has 7 heteroatoms. The van der Waals surface area contributed by atoms with Gasteiger partial charge in [-0.15, -0.1) is 0 Å². The van der Waals surface area contributed by atoms with E-state index in [0.29, 0.717) is 27.5 Å². The Bertz CT molecular complexity index is 1020. The minimum absolute atomic E-state index is 0.166. The van der Waals surface area contributed by atoms with Crippen LogP contribution in [0.3, 0.4) is 0 Å². The van der Waals surface area contributed by atoms with Crippen LogP contribution in [0, 0.1) is 0 Å². The van der Waals surface area contributed by atoms with Gasteiger partial charge in [-0.1, -0.05) is 35.9 Å². The van der Waals surface area contributed by atoms with Crippen molar-refractivity contribution in [3.8, 4) is 0 Å². The number of hydrogen-bond acceptors (Lipinski definition) is 4. The number of benzene rings is 2. The molecule has 3 amide bonds. The van der Waals surface area contributed by atoms with Gasteiger partial charge in [0.05, 0.1) is 12.1 Å². The van der Waals surface area contributed by atoms with Crippen molar-refractivity contribution in [2.24, 2.45) is 0 Å². The third kappa shape index (κ3) is 3.96. The zero-order valence-electron chi connectivity index (χ0n) is 16.7. The van der Waals surface area contributed by atoms with Crippen molar-refractivity contribution in [1.29, 1.82) is 0 Å². The zero-order chi connectivity index (χ0) is 21.3. The van der Waals surface area contributed by atoms with Crippen LogP contribution in [0.5, 0.6) is 0 Å². The maximum atomic E-state index is 13.3. The van der Waals surface area contributed by atoms with Crippen LogP contribution in [0.1, 0.15) is 30.9 Å². The molecule has 30 heavy (non-hydrogen) atoms. The molecule has 0 bridgehead atoms. The highest BCUT2D eigenvalue weighted by molar-refractivity contribution is 6.35. The second-order valence-corrected chi connectivity index (χ2v) is 7.94. The van der Waals surface area contributed by atoms with Gasteiger partial charge in [0.1, 0.15) is 5.70 Å². The lowest BCUT2D eigenvalue weighted by atomic mass is 10.0. The van der Waals surface area contributed by atoms with E-state index in [1.165, 1.54) is 11.8 Å². The second-order valence-electron chi connectivity index (χ2n) is 7.50. The quantitative estimate of drug-likeness (QED) is 0.745. The van der Waals surface area contributed by atoms with Gasteiger partial charge in [-0.25, -0.2) is 0 Å². The number of imide groups is 1. The Hall–Kier alpha value is -3.12. The van der Waals surface area contributed by atoms with Crippen LogP contribution < -0.4 is 5.32 Å². The summed E-state index contributed by atoms with van der Waals surface area (Å²) in [5, 5.41) is 3.32. The zero-order valence-corrected chi connectivity index (χ0v) is 17.4. The molecule has 0 radical (unpaired) electrons. The van der Waals surface area contributed by atoms with Gasteiger partial charge in [0, 0.05) is 30.7 Å². The number of anilines is 1. The highest BCUT2D eigenvalue weighted by Gasteiger charge is 2.42. The summed E-state index contributed by atoms with van der Waals surface area (Å²) in [4.78, 5) is 41.2. The third-order valence-corrected chi connectivity index (χ3v) is 5.57. The number of likely N-dealkylation sites (tertiary alicyclic amines) is 1. The molecule has 1 fully saturated rings. The van der Waals surface area contributed by atoms with Crippen LogP contribution in [-0.4, -0.2) is 40.6 Å². The second kappa shape index (κ2) is 8.32. The molecule has 0 saturated carbocycles. The number of rotatable bonds is 5. The standard InChI is InChI=1S/C23H22ClN3O3/c1-15(28)25-19-10-6-17(7-11-19)20-21(26-12-2-3-13-26)23(30)27(22(20)29)14-16-4-8-18(24)9-5-16/h4-11H,2-3,12-14H2,1H3,(H,25,28). The summed E-state index contributed by atoms with van der Waals surface area (Å²) < 4.78 is 0. The van der Waals surface area contributed by atoms with E-state index in [-0.39, 0.29) is 24.3 Å². The Kier molecular flexibility index (Phi) is 5.59. The van der Waals surface area contributed by atoms with Crippen LogP contribution in [0.25, 0.3) is 5.57 Å². The van der Waals surface area contributed by atoms with E-state index < -0.39 is 0 Å². The summed E-state index contributed by atoms with van der Waals surface area (Å²) >= 11 is 5.95. The van der Waals surface area contributed by atoms with Crippen molar-refractivity contribution in [2.45, 2.75) is 26.3 Å². The molecule has 1 N–H and O–H groups in total. The average molecular weight is 424 g/mol. The molecule has 0 atom stereocenters. The summed E-state index contributed by atoms with van der Waals surface area (Å²) in [7, 11) is 0. The first-order chi connectivity index (χ1) is 14.4. The molecule has 2 heterocycles. The third-order valence-electron chi connectivity index (χ3n) is 5.31. The highest BCUT2D eigenvalue weighted by atomic mass is 35.5. The fraction of sp³-hybridized carbons (Fsp3) is 0.261. The van der Waals surface area contributed by atoms with Crippen LogP contribution in [0.4, 0.5) is 5.69 Å². The van der Waals surface area contributed by atoms with Crippen LogP contribution in [-0.2, 0) is 20.9 Å². The minimum atomic E-state index is -0.302. The van der Waals surface area contributed by atoms with Crippen molar-refractivity contribution in [3.05, 3.63) is 70.4 Å². The van der Waals surface area contributed by atoms with Crippen LogP contribution in [0.15, 0.2) is 54.2 Å². The van der Waals surface area contributed by atoms with E-state index in [0.717, 1.165) is 31.5 Å². The first kappa shape index (κ1) is 20.2. The number of nitrogens with zero attached hydrogens (tertiary/aromatic N) is 2. The van der Waals surface area contributed by atoms with Gasteiger partial charge in [0.25, 0.3) is 11.8 Å². The Labute approximate surface area is 180 Å². The molecule has 0 unspecified atom stereocenters. The number of carbonyl (C=O) groups is 3. The predicted molar refractivity (Wildman–Crippen MR) is 115 cm³/mol. The van der Waals surface area contributed by atoms with Crippen molar-refractivity contribution in [3.63, 3.8) is 0 Å². The smallest absolute Gasteiger partial charge is 0.278 e. The van der Waals surface area contributed by atoms with Crippen molar-refractivity contribution in [2.75, 3.05) is 18.4 Å². The highest BCUT2D eigenvalue weighted by Crippen LogP contribution is 2.34. The summed E-state index contributed by atoms with van der Waals surface area (Å²) in [5.41, 5.74) is 3.04. The Morgan fingerprint density at radius 3 is 2.20 bits per heavy atom. The van der Waals surface area contributed by atoms with Crippen molar-refractivity contribution in [1.82, 2.24) is 9.80 Å². The van der Waals surface area contributed by atoms with Gasteiger partial charge >= 0.3 is 0 Å². The first-order valence-electron chi connectivity index (χ1n) is 9.92. The van der Waals surface area contributed by atoms with E-state index >= 15 is 0 Å². The molecule has 4 rings (SSSR count). The van der Waals surface area contributed by atoms with Gasteiger partial charge in [0.2, 0.25) is 5.91 Å². The molecular formula is C23H22ClN3O3. The fourth-order valence-electron chi connectivity index (χ4n) is 3.90. The lowest BCUT2D eigenvalue weighted by molar-refractivity contribution is -0.138. The maximum absolute atomic E-state index is 13.3. The van der Waals surface area contributed by atoms with Crippen molar-refractivity contribution < 1.29 is 14.4 Å². The normalized spacial score (nSPS) is 16.6. The van der Waals surface area contributed by atoms with Gasteiger partial charge in [-0.05, 0) is 48.2 Å². The molecule has 154 valence electrons. The van der Waals surface area contributed by atoms with E-state index in [9.17, 15) is 14.4 Å². The molecule has 2 aliphatic rings. The van der Waals surface area contributed by atoms with E-state index in [1.54, 1.807) is 36.4 Å². The first-order valence-corrected chi connectivity index (χ1v) is 10.3. The minimum Gasteiger partial charge on any atom is -0.366 e. The van der Waals surface area contributed by atoms with Gasteiger partial charge < -0.3 is 10.2 Å². The molecule has 0 aromatic heterocycles. The number of amides is 3. The van der Waals surface area contributed by atoms with Gasteiger partial charge in [-0.3, -0.25) is 19.3 Å². The average Bonchev–Trinajstić information content (AvgIpc) is 3.32. The van der Waals surface area contributed by atoms with Gasteiger partial charge in [0.15, 0.2) is 0 Å². The molecular weight excluding hydrogens is 402 g/mol. The largest absolute Gasteiger partial charge is 0.366 e. The fourth-order valence-corrected chi connectivity index (χ4v) is 4.02. The Morgan fingerprint density at radius 2 is 1.60 bits per heavy atom. The predicted octanol–water partition coefficient (Wildman–Crippen LogP) is 3.67. The topological polar surface area (TPSA) is 69.7 Å². The molecule has 0 aliphatic carbocycles. The lowest BCUT2D eigenvalue weighted by Gasteiger charge is -2.20. The Balaban J connectivity index is 1.68. The molecule has 2 aromatic rings. The van der Waals surface area contributed by atoms with E-state index in [1.807, 2.05) is 17.0 Å². The summed E-state index contributed by atoms with van der Waals surface area (Å²) in [5.74, 6) is -0.733. The van der Waals surface area contributed by atoms with E-state index in [4.69, 9.17) is 11.6 Å². The summed E-state index contributed by atoms with van der Waals surface area (Å²) in [6.45, 7) is 3.16. The summed E-state index contributed by atoms with van der Waals surface area (Å²) in [6, 6.07) is 14.2. The van der Waals surface area contributed by atoms with Crippen molar-refractivity contribution >= 4 is 40.6 Å². The molecule has 1 saturated heterocycles. The molecule has 2 aliphatic heterocycles. The Morgan fingerprint density at radius 1 is 0.967 bits per heavy atom.